The lowest BCUT2D eigenvalue weighted by molar-refractivity contribution is 0.0406. The number of nitrogens with zero attached hydrogens (tertiary/aromatic N) is 1. The first kappa shape index (κ1) is 20.1. The van der Waals surface area contributed by atoms with E-state index < -0.39 is 5.97 Å². The van der Waals surface area contributed by atoms with Crippen LogP contribution in [0.5, 0.6) is 5.75 Å². The van der Waals surface area contributed by atoms with Gasteiger partial charge >= 0.3 is 5.97 Å². The van der Waals surface area contributed by atoms with Crippen LogP contribution in [0.2, 0.25) is 0 Å². The highest BCUT2D eigenvalue weighted by Crippen LogP contribution is 2.28. The lowest BCUT2D eigenvalue weighted by Gasteiger charge is -2.21. The summed E-state index contributed by atoms with van der Waals surface area (Å²) in [6, 6.07) is 11.8. The first-order valence-electron chi connectivity index (χ1n) is 10.4. The van der Waals surface area contributed by atoms with Crippen molar-refractivity contribution in [1.82, 2.24) is 4.90 Å². The number of carbonyl (C=O) groups is 3. The largest absolute Gasteiger partial charge is 0.496 e. The molecule has 4 rings (SSSR count). The third-order valence-electron chi connectivity index (χ3n) is 5.88. The maximum Gasteiger partial charge on any atom is 0.341 e. The molecule has 6 heteroatoms. The van der Waals surface area contributed by atoms with E-state index in [4.69, 9.17) is 9.47 Å². The van der Waals surface area contributed by atoms with Gasteiger partial charge in [0.2, 0.25) is 0 Å². The molecular weight excluding hydrogens is 382 g/mol. The minimum absolute atomic E-state index is 0.0826. The number of benzene rings is 2. The topological polar surface area (TPSA) is 72.9 Å². The molecule has 1 saturated carbocycles. The Balaban J connectivity index is 1.49. The molecule has 2 aliphatic rings. The Morgan fingerprint density at radius 3 is 2.30 bits per heavy atom. The Labute approximate surface area is 175 Å². The SMILES string of the molecule is COc1ccc(CN2C(=O)c3ccccc3C2=O)cc1C(=O)OCC1CCCCC1. The van der Waals surface area contributed by atoms with Crippen molar-refractivity contribution in [2.24, 2.45) is 5.92 Å². The summed E-state index contributed by atoms with van der Waals surface area (Å²) in [5.74, 6) is -0.271. The van der Waals surface area contributed by atoms with Gasteiger partial charge in [0.05, 0.1) is 31.4 Å². The number of ether oxygens (including phenoxy) is 2. The summed E-state index contributed by atoms with van der Waals surface area (Å²) in [7, 11) is 1.50. The number of imide groups is 1. The zero-order valence-corrected chi connectivity index (χ0v) is 17.1. The summed E-state index contributed by atoms with van der Waals surface area (Å²) in [6.07, 6.45) is 5.79. The summed E-state index contributed by atoms with van der Waals surface area (Å²) >= 11 is 0. The number of rotatable bonds is 6. The van der Waals surface area contributed by atoms with Crippen LogP contribution in [-0.4, -0.2) is 36.4 Å². The lowest BCUT2D eigenvalue weighted by Crippen LogP contribution is -2.29. The van der Waals surface area contributed by atoms with Crippen molar-refractivity contribution in [2.45, 2.75) is 38.6 Å². The quantitative estimate of drug-likeness (QED) is 0.529. The van der Waals surface area contributed by atoms with Gasteiger partial charge in [-0.15, -0.1) is 0 Å². The third-order valence-corrected chi connectivity index (χ3v) is 5.88. The van der Waals surface area contributed by atoms with Gasteiger partial charge in [0.15, 0.2) is 0 Å². The standard InChI is InChI=1S/C24H25NO5/c1-29-21-12-11-17(13-20(21)24(28)30-15-16-7-3-2-4-8-16)14-25-22(26)18-9-5-6-10-19(18)23(25)27/h5-6,9-13,16H,2-4,7-8,14-15H2,1H3. The molecule has 0 atom stereocenters. The molecule has 1 heterocycles. The van der Waals surface area contributed by atoms with E-state index in [1.54, 1.807) is 42.5 Å². The molecule has 0 spiro atoms. The second-order valence-corrected chi connectivity index (χ2v) is 7.88. The molecule has 1 aliphatic heterocycles. The molecule has 0 aromatic heterocycles. The van der Waals surface area contributed by atoms with Crippen LogP contribution < -0.4 is 4.74 Å². The molecule has 6 nitrogen and oxygen atoms in total. The first-order valence-corrected chi connectivity index (χ1v) is 10.4. The summed E-state index contributed by atoms with van der Waals surface area (Å²) in [6.45, 7) is 0.490. The van der Waals surface area contributed by atoms with E-state index in [-0.39, 0.29) is 18.4 Å². The van der Waals surface area contributed by atoms with Crippen molar-refractivity contribution in [3.63, 3.8) is 0 Å². The van der Waals surface area contributed by atoms with Crippen LogP contribution in [0, 0.1) is 5.92 Å². The highest BCUT2D eigenvalue weighted by molar-refractivity contribution is 6.21. The molecule has 1 fully saturated rings. The zero-order valence-electron chi connectivity index (χ0n) is 17.1. The maximum absolute atomic E-state index is 12.7. The van der Waals surface area contributed by atoms with Crippen LogP contribution in [0.3, 0.4) is 0 Å². The van der Waals surface area contributed by atoms with Gasteiger partial charge in [-0.25, -0.2) is 4.79 Å². The fourth-order valence-corrected chi connectivity index (χ4v) is 4.20. The van der Waals surface area contributed by atoms with Crippen molar-refractivity contribution >= 4 is 17.8 Å². The van der Waals surface area contributed by atoms with E-state index in [0.717, 1.165) is 12.8 Å². The molecule has 2 aromatic rings. The number of carbonyl (C=O) groups excluding carboxylic acids is 3. The third kappa shape index (κ3) is 3.95. The average Bonchev–Trinajstić information content (AvgIpc) is 3.03. The average molecular weight is 407 g/mol. The highest BCUT2D eigenvalue weighted by atomic mass is 16.5. The van der Waals surface area contributed by atoms with Gasteiger partial charge in [0, 0.05) is 0 Å². The van der Waals surface area contributed by atoms with Gasteiger partial charge in [0.25, 0.3) is 11.8 Å². The minimum Gasteiger partial charge on any atom is -0.496 e. The maximum atomic E-state index is 12.7. The molecule has 2 amide bonds. The molecule has 0 saturated heterocycles. The van der Waals surface area contributed by atoms with Gasteiger partial charge in [-0.1, -0.05) is 37.5 Å². The van der Waals surface area contributed by atoms with E-state index in [0.29, 0.717) is 40.5 Å². The van der Waals surface area contributed by atoms with E-state index in [1.165, 1.54) is 31.3 Å². The van der Waals surface area contributed by atoms with Crippen LogP contribution in [0.15, 0.2) is 42.5 Å². The fraction of sp³-hybridized carbons (Fsp3) is 0.375. The molecule has 0 unspecified atom stereocenters. The Kier molecular flexibility index (Phi) is 5.84. The number of hydrogen-bond acceptors (Lipinski definition) is 5. The predicted octanol–water partition coefficient (Wildman–Crippen LogP) is 4.23. The van der Waals surface area contributed by atoms with Gasteiger partial charge in [0.1, 0.15) is 11.3 Å². The smallest absolute Gasteiger partial charge is 0.341 e. The molecule has 0 radical (unpaired) electrons. The monoisotopic (exact) mass is 407 g/mol. The second-order valence-electron chi connectivity index (χ2n) is 7.88. The van der Waals surface area contributed by atoms with Crippen molar-refractivity contribution in [3.05, 3.63) is 64.7 Å². The number of methoxy groups -OCH3 is 1. The Morgan fingerprint density at radius 2 is 1.67 bits per heavy atom. The molecule has 2 aromatic carbocycles. The van der Waals surface area contributed by atoms with Gasteiger partial charge < -0.3 is 9.47 Å². The second kappa shape index (κ2) is 8.69. The van der Waals surface area contributed by atoms with Crippen molar-refractivity contribution in [2.75, 3.05) is 13.7 Å². The van der Waals surface area contributed by atoms with Crippen LogP contribution >= 0.6 is 0 Å². The van der Waals surface area contributed by atoms with Gasteiger partial charge in [-0.05, 0) is 48.6 Å². The number of hydrogen-bond donors (Lipinski definition) is 0. The highest BCUT2D eigenvalue weighted by Gasteiger charge is 2.35. The number of fused-ring (bicyclic) bond motifs is 1. The zero-order chi connectivity index (χ0) is 21.1. The van der Waals surface area contributed by atoms with Crippen molar-refractivity contribution in [3.8, 4) is 5.75 Å². The molecular formula is C24H25NO5. The molecule has 1 aliphatic carbocycles. The summed E-state index contributed by atoms with van der Waals surface area (Å²) in [5, 5.41) is 0. The normalized spacial score (nSPS) is 16.5. The van der Waals surface area contributed by atoms with Crippen LogP contribution in [0.4, 0.5) is 0 Å². The summed E-state index contributed by atoms with van der Waals surface area (Å²) in [4.78, 5) is 39.2. The van der Waals surface area contributed by atoms with Crippen LogP contribution in [-0.2, 0) is 11.3 Å². The van der Waals surface area contributed by atoms with Crippen LogP contribution in [0.1, 0.15) is 68.7 Å². The minimum atomic E-state index is -0.443. The van der Waals surface area contributed by atoms with Gasteiger partial charge in [-0.2, -0.15) is 0 Å². The van der Waals surface area contributed by atoms with Gasteiger partial charge in [-0.3, -0.25) is 14.5 Å². The first-order chi connectivity index (χ1) is 14.6. The Hall–Kier alpha value is -3.15. The predicted molar refractivity (Wildman–Crippen MR) is 110 cm³/mol. The van der Waals surface area contributed by atoms with E-state index in [9.17, 15) is 14.4 Å². The lowest BCUT2D eigenvalue weighted by atomic mass is 9.90. The van der Waals surface area contributed by atoms with E-state index in [1.807, 2.05) is 0 Å². The molecule has 156 valence electrons. The molecule has 0 bridgehead atoms. The summed E-state index contributed by atoms with van der Waals surface area (Å²) in [5.41, 5.74) is 1.78. The Morgan fingerprint density at radius 1 is 1.00 bits per heavy atom. The van der Waals surface area contributed by atoms with Crippen LogP contribution in [0.25, 0.3) is 0 Å². The van der Waals surface area contributed by atoms with E-state index in [2.05, 4.69) is 0 Å². The van der Waals surface area contributed by atoms with Crippen molar-refractivity contribution in [1.29, 1.82) is 0 Å². The Bertz CT molecular complexity index is 942. The fourth-order valence-electron chi connectivity index (χ4n) is 4.20. The van der Waals surface area contributed by atoms with Crippen molar-refractivity contribution < 1.29 is 23.9 Å². The molecule has 30 heavy (non-hydrogen) atoms. The van der Waals surface area contributed by atoms with E-state index >= 15 is 0 Å². The number of esters is 1. The molecule has 0 N–H and O–H groups in total. The number of amides is 2. The summed E-state index contributed by atoms with van der Waals surface area (Å²) < 4.78 is 10.9.